The first-order valence-corrected chi connectivity index (χ1v) is 10.5. The molecule has 3 rings (SSSR count). The van der Waals surface area contributed by atoms with Gasteiger partial charge < -0.3 is 9.64 Å². The van der Waals surface area contributed by atoms with Crippen LogP contribution < -0.4 is 9.64 Å². The van der Waals surface area contributed by atoms with E-state index in [2.05, 4.69) is 9.97 Å². The van der Waals surface area contributed by atoms with Crippen molar-refractivity contribution in [3.8, 4) is 5.88 Å². The first kappa shape index (κ1) is 20.1. The van der Waals surface area contributed by atoms with Gasteiger partial charge in [-0.25, -0.2) is 13.4 Å². The molecule has 1 saturated heterocycles. The van der Waals surface area contributed by atoms with Crippen molar-refractivity contribution in [1.29, 1.82) is 0 Å². The average molecular weight is 431 g/mol. The molecule has 1 fully saturated rings. The molecule has 0 unspecified atom stereocenters. The number of methoxy groups -OCH3 is 1. The Bertz CT molecular complexity index is 961. The molecular formula is C17H20Cl2N4O3S. The van der Waals surface area contributed by atoms with E-state index in [1.54, 1.807) is 27.0 Å². The molecule has 0 amide bonds. The number of anilines is 1. The van der Waals surface area contributed by atoms with Gasteiger partial charge in [0.05, 0.1) is 12.1 Å². The van der Waals surface area contributed by atoms with Gasteiger partial charge >= 0.3 is 0 Å². The molecule has 1 aliphatic heterocycles. The number of nitrogens with zero attached hydrogens (tertiary/aromatic N) is 4. The number of halogens is 2. The number of aryl methyl sites for hydroxylation is 2. The fourth-order valence-corrected chi connectivity index (χ4v) is 5.15. The molecule has 10 heteroatoms. The van der Waals surface area contributed by atoms with Crippen molar-refractivity contribution >= 4 is 39.0 Å². The summed E-state index contributed by atoms with van der Waals surface area (Å²) in [5.41, 5.74) is 0.668. The third-order valence-corrected chi connectivity index (χ3v) is 7.17. The normalized spacial score (nSPS) is 15.8. The van der Waals surface area contributed by atoms with E-state index in [4.69, 9.17) is 27.9 Å². The van der Waals surface area contributed by atoms with E-state index in [1.165, 1.54) is 16.4 Å². The first-order valence-electron chi connectivity index (χ1n) is 8.33. The summed E-state index contributed by atoms with van der Waals surface area (Å²) in [6.45, 7) is 5.20. The van der Waals surface area contributed by atoms with E-state index >= 15 is 0 Å². The molecule has 7 nitrogen and oxygen atoms in total. The summed E-state index contributed by atoms with van der Waals surface area (Å²) in [5, 5.41) is 0.570. The number of hydrogen-bond donors (Lipinski definition) is 0. The SMILES string of the molecule is COc1cc(N2CCN(S(=O)(=O)c3cc(C)c(Cl)cc3Cl)CC2)nc(C)n1. The van der Waals surface area contributed by atoms with E-state index in [0.717, 1.165) is 5.82 Å². The van der Waals surface area contributed by atoms with Gasteiger partial charge in [-0.3, -0.25) is 0 Å². The van der Waals surface area contributed by atoms with Crippen LogP contribution in [0.25, 0.3) is 0 Å². The Morgan fingerprint density at radius 1 is 1.00 bits per heavy atom. The third-order valence-electron chi connectivity index (χ3n) is 4.40. The largest absolute Gasteiger partial charge is 0.481 e. The van der Waals surface area contributed by atoms with Gasteiger partial charge in [0.25, 0.3) is 0 Å². The number of ether oxygens (including phenoxy) is 1. The Hall–Kier alpha value is -1.61. The van der Waals surface area contributed by atoms with Crippen LogP contribution >= 0.6 is 23.2 Å². The van der Waals surface area contributed by atoms with Crippen LogP contribution in [0.4, 0.5) is 5.82 Å². The van der Waals surface area contributed by atoms with Crippen molar-refractivity contribution in [3.05, 3.63) is 39.6 Å². The van der Waals surface area contributed by atoms with Crippen LogP contribution in [-0.4, -0.2) is 56.0 Å². The number of hydrogen-bond acceptors (Lipinski definition) is 6. The van der Waals surface area contributed by atoms with Crippen molar-refractivity contribution in [2.24, 2.45) is 0 Å². The van der Waals surface area contributed by atoms with Crippen LogP contribution in [-0.2, 0) is 10.0 Å². The van der Waals surface area contributed by atoms with Crippen molar-refractivity contribution < 1.29 is 13.2 Å². The van der Waals surface area contributed by atoms with Gasteiger partial charge in [0.15, 0.2) is 0 Å². The van der Waals surface area contributed by atoms with Gasteiger partial charge in [-0.15, -0.1) is 0 Å². The second-order valence-corrected chi connectivity index (χ2v) is 8.96. The summed E-state index contributed by atoms with van der Waals surface area (Å²) in [6.07, 6.45) is 0. The Morgan fingerprint density at radius 3 is 2.30 bits per heavy atom. The molecule has 0 bridgehead atoms. The lowest BCUT2D eigenvalue weighted by molar-refractivity contribution is 0.380. The summed E-state index contributed by atoms with van der Waals surface area (Å²) < 4.78 is 32.6. The number of benzene rings is 1. The van der Waals surface area contributed by atoms with Gasteiger partial charge in [-0.05, 0) is 31.5 Å². The zero-order valence-corrected chi connectivity index (χ0v) is 17.6. The van der Waals surface area contributed by atoms with Crippen LogP contribution in [0.15, 0.2) is 23.1 Å². The lowest BCUT2D eigenvalue weighted by Crippen LogP contribution is -2.49. The number of sulfonamides is 1. The zero-order valence-electron chi connectivity index (χ0n) is 15.2. The van der Waals surface area contributed by atoms with Crippen molar-refractivity contribution in [2.75, 3.05) is 38.2 Å². The molecule has 2 aromatic rings. The van der Waals surface area contributed by atoms with E-state index in [1.807, 2.05) is 4.90 Å². The number of piperazine rings is 1. The maximum Gasteiger partial charge on any atom is 0.244 e. The standard InChI is InChI=1S/C17H20Cl2N4O3S/c1-11-8-15(14(19)9-13(11)18)27(24,25)23-6-4-22(5-7-23)16-10-17(26-3)21-12(2)20-16/h8-10H,4-7H2,1-3H3. The minimum Gasteiger partial charge on any atom is -0.481 e. The highest BCUT2D eigenvalue weighted by Crippen LogP contribution is 2.31. The van der Waals surface area contributed by atoms with Crippen molar-refractivity contribution in [1.82, 2.24) is 14.3 Å². The Morgan fingerprint density at radius 2 is 1.67 bits per heavy atom. The molecule has 0 aliphatic carbocycles. The van der Waals surface area contributed by atoms with Crippen molar-refractivity contribution in [3.63, 3.8) is 0 Å². The summed E-state index contributed by atoms with van der Waals surface area (Å²) in [7, 11) is -2.15. The Balaban J connectivity index is 1.79. The number of aromatic nitrogens is 2. The van der Waals surface area contributed by atoms with E-state index in [-0.39, 0.29) is 9.92 Å². The molecule has 0 N–H and O–H groups in total. The number of rotatable bonds is 4. The van der Waals surface area contributed by atoms with E-state index in [9.17, 15) is 8.42 Å². The highest BCUT2D eigenvalue weighted by atomic mass is 35.5. The molecule has 2 heterocycles. The van der Waals surface area contributed by atoms with Gasteiger partial charge in [0.1, 0.15) is 16.5 Å². The van der Waals surface area contributed by atoms with Crippen LogP contribution in [0.5, 0.6) is 5.88 Å². The topological polar surface area (TPSA) is 75.6 Å². The summed E-state index contributed by atoms with van der Waals surface area (Å²) in [4.78, 5) is 10.7. The Kier molecular flexibility index (Phi) is 5.81. The second-order valence-electron chi connectivity index (χ2n) is 6.24. The maximum absolute atomic E-state index is 13.0. The summed E-state index contributed by atoms with van der Waals surface area (Å²) in [6, 6.07) is 4.74. The maximum atomic E-state index is 13.0. The van der Waals surface area contributed by atoms with Crippen LogP contribution in [0.3, 0.4) is 0 Å². The lowest BCUT2D eigenvalue weighted by Gasteiger charge is -2.35. The van der Waals surface area contributed by atoms with Gasteiger partial charge in [0, 0.05) is 37.3 Å². The molecule has 0 spiro atoms. The van der Waals surface area contributed by atoms with Crippen LogP contribution in [0, 0.1) is 13.8 Å². The Labute approximate surface area is 168 Å². The fraction of sp³-hybridized carbons (Fsp3) is 0.412. The van der Waals surface area contributed by atoms with Crippen LogP contribution in [0.1, 0.15) is 11.4 Å². The molecule has 1 aliphatic rings. The predicted octanol–water partition coefficient (Wildman–Crippen LogP) is 2.92. The summed E-state index contributed by atoms with van der Waals surface area (Å²) >= 11 is 12.2. The third kappa shape index (κ3) is 4.13. The van der Waals surface area contributed by atoms with Crippen molar-refractivity contribution in [2.45, 2.75) is 18.7 Å². The molecule has 0 atom stereocenters. The lowest BCUT2D eigenvalue weighted by atomic mass is 10.2. The minimum atomic E-state index is -3.70. The van der Waals surface area contributed by atoms with E-state index in [0.29, 0.717) is 48.5 Å². The monoisotopic (exact) mass is 430 g/mol. The fourth-order valence-electron chi connectivity index (χ4n) is 2.92. The predicted molar refractivity (Wildman–Crippen MR) is 105 cm³/mol. The van der Waals surface area contributed by atoms with E-state index < -0.39 is 10.0 Å². The minimum absolute atomic E-state index is 0.0825. The highest BCUT2D eigenvalue weighted by Gasteiger charge is 2.31. The van der Waals surface area contributed by atoms with Gasteiger partial charge in [0.2, 0.25) is 15.9 Å². The molecule has 146 valence electrons. The molecule has 27 heavy (non-hydrogen) atoms. The van der Waals surface area contributed by atoms with Gasteiger partial charge in [-0.1, -0.05) is 23.2 Å². The molecule has 0 radical (unpaired) electrons. The zero-order chi connectivity index (χ0) is 19.8. The second kappa shape index (κ2) is 7.79. The van der Waals surface area contributed by atoms with Crippen LogP contribution in [0.2, 0.25) is 10.0 Å². The highest BCUT2D eigenvalue weighted by molar-refractivity contribution is 7.89. The first-order chi connectivity index (χ1) is 12.7. The smallest absolute Gasteiger partial charge is 0.244 e. The quantitative estimate of drug-likeness (QED) is 0.741. The molecule has 1 aromatic heterocycles. The summed E-state index contributed by atoms with van der Waals surface area (Å²) in [5.74, 6) is 1.80. The molecular weight excluding hydrogens is 411 g/mol. The molecule has 0 saturated carbocycles. The average Bonchev–Trinajstić information content (AvgIpc) is 2.64. The molecule has 1 aromatic carbocycles. The van der Waals surface area contributed by atoms with Gasteiger partial charge in [-0.2, -0.15) is 9.29 Å².